The summed E-state index contributed by atoms with van der Waals surface area (Å²) < 4.78 is 99.6. The molecule has 0 spiro atoms. The van der Waals surface area contributed by atoms with E-state index in [4.69, 9.17) is 89.4 Å². The minimum atomic E-state index is -1.94. The van der Waals surface area contributed by atoms with E-state index in [1.807, 2.05) is 84.9 Å². The Bertz CT molecular complexity index is 9710. The van der Waals surface area contributed by atoms with E-state index in [0.29, 0.717) is 62.4 Å². The van der Waals surface area contributed by atoms with Gasteiger partial charge in [0.2, 0.25) is 14.8 Å². The van der Waals surface area contributed by atoms with Crippen LogP contribution in [0.1, 0.15) is 0 Å². The number of nitriles is 4. The van der Waals surface area contributed by atoms with Crippen molar-refractivity contribution in [1.82, 2.24) is 49.0 Å². The Morgan fingerprint density at radius 1 is 0.328 bits per heavy atom. The number of fused-ring (bicyclic) bond motifs is 20. The molecule has 26 nitrogen and oxygen atoms in total. The van der Waals surface area contributed by atoms with Gasteiger partial charge in [-0.25, -0.2) is 86.6 Å². The number of hydrogen-bond donors (Lipinski definition) is 0. The molecule has 0 atom stereocenters. The number of nitrogens with zero attached hydrogens (tertiary/aromatic N) is 26. The summed E-state index contributed by atoms with van der Waals surface area (Å²) in [6.45, 7) is 85.7. The third-order valence-corrected chi connectivity index (χ3v) is 28.8. The maximum absolute atomic E-state index is 15.8. The first-order valence-electron chi connectivity index (χ1n) is 35.6. The monoisotopic (exact) mass is 1870 g/mol. The molecule has 0 aliphatic heterocycles. The Balaban J connectivity index is 0.000000120. The summed E-state index contributed by atoms with van der Waals surface area (Å²) in [5.74, 6) is -10.9. The first-order valence-corrected chi connectivity index (χ1v) is 42.3. The van der Waals surface area contributed by atoms with Crippen LogP contribution in [0.3, 0.4) is 0 Å². The van der Waals surface area contributed by atoms with Gasteiger partial charge in [0.15, 0.2) is 23.3 Å². The molecule has 12 aromatic carbocycles. The minimum Gasteiger partial charge on any atom is -0.335 e. The van der Waals surface area contributed by atoms with Crippen LogP contribution >= 0.6 is 45.3 Å². The van der Waals surface area contributed by atoms with E-state index in [0.717, 1.165) is 116 Å². The van der Waals surface area contributed by atoms with Crippen molar-refractivity contribution < 1.29 is 26.3 Å². The number of hydrogen-bond acceptors (Lipinski definition) is 16. The van der Waals surface area contributed by atoms with E-state index in [1.54, 1.807) is 23.2 Å². The van der Waals surface area contributed by atoms with Gasteiger partial charge in [0.1, 0.15) is 76.9 Å². The van der Waals surface area contributed by atoms with Crippen molar-refractivity contribution >= 4 is 289 Å². The molecule has 0 aliphatic rings. The Kier molecular flexibility index (Phi) is 20.8. The molecule has 0 radical (unpaired) electrons. The molecule has 0 amide bonds. The number of halogens is 6. The largest absolute Gasteiger partial charge is 0.562 e. The molecule has 8 heterocycles. The van der Waals surface area contributed by atoms with E-state index in [2.05, 4.69) is 140 Å². The molecule has 0 fully saturated rings. The van der Waals surface area contributed by atoms with Crippen LogP contribution in [0.4, 0.5) is 26.3 Å². The van der Waals surface area contributed by atoms with Crippen LogP contribution in [-0.4, -0.2) is 78.0 Å². The molecule has 20 aromatic rings. The summed E-state index contributed by atoms with van der Waals surface area (Å²) >= 11 is 3.06. The number of aromatic nitrogens is 10. The normalized spacial score (nSPS) is 11.8. The molecule has 592 valence electrons. The summed E-state index contributed by atoms with van der Waals surface area (Å²) in [7, 11) is 3.60. The van der Waals surface area contributed by atoms with Crippen molar-refractivity contribution in [2.75, 3.05) is 0 Å². The third kappa shape index (κ3) is 13.3. The molecule has 38 heteroatoms. The zero-order chi connectivity index (χ0) is 90.3. The van der Waals surface area contributed by atoms with Crippen molar-refractivity contribution in [3.63, 3.8) is 0 Å². The zero-order valence-corrected chi connectivity index (χ0v) is 70.4. The van der Waals surface area contributed by atoms with Crippen LogP contribution < -0.4 is 38.1 Å². The summed E-state index contributed by atoms with van der Waals surface area (Å²) in [6.07, 6.45) is 0. The van der Waals surface area contributed by atoms with Crippen molar-refractivity contribution in [2.45, 2.75) is 0 Å². The molecule has 8 aromatic heterocycles. The summed E-state index contributed by atoms with van der Waals surface area (Å²) in [5.41, 5.74) is 4.71. The Morgan fingerprint density at radius 3 is 1.42 bits per heavy atom. The smallest absolute Gasteiger partial charge is 0.335 e. The molecule has 0 saturated carbocycles. The van der Waals surface area contributed by atoms with Crippen LogP contribution in [0.25, 0.3) is 273 Å². The predicted octanol–water partition coefficient (Wildman–Crippen LogP) is 16.1. The number of thiazole rings is 4. The van der Waals surface area contributed by atoms with Crippen LogP contribution in [0.15, 0.2) is 109 Å². The summed E-state index contributed by atoms with van der Waals surface area (Å²) in [4.78, 5) is 72.6. The van der Waals surface area contributed by atoms with Gasteiger partial charge in [-0.15, -0.1) is 45.3 Å². The van der Waals surface area contributed by atoms with Gasteiger partial charge in [0.25, 0.3) is 11.4 Å². The topological polar surface area (TPSA) is 260 Å². The van der Waals surface area contributed by atoms with Crippen molar-refractivity contribution in [1.29, 1.82) is 21.0 Å². The van der Waals surface area contributed by atoms with Gasteiger partial charge < -0.3 is 9.13 Å². The first-order chi connectivity index (χ1) is 62.0. The fourth-order valence-corrected chi connectivity index (χ4v) is 22.5. The van der Waals surface area contributed by atoms with Gasteiger partial charge in [-0.1, -0.05) is 12.1 Å². The van der Waals surface area contributed by atoms with Crippen LogP contribution in [-0.2, 0) is 14.1 Å². The second-order valence-electron chi connectivity index (χ2n) is 26.8. The fraction of sp³-hybridized carbons (Fsp3) is 0.0222. The Morgan fingerprint density at radius 2 is 0.797 bits per heavy atom. The van der Waals surface area contributed by atoms with Crippen LogP contribution in [0.2, 0.25) is 0 Å². The molecule has 0 aliphatic carbocycles. The van der Waals surface area contributed by atoms with Crippen molar-refractivity contribution in [3.05, 3.63) is 319 Å². The van der Waals surface area contributed by atoms with Crippen molar-refractivity contribution in [2.24, 2.45) is 14.1 Å². The van der Waals surface area contributed by atoms with Gasteiger partial charge in [-0.2, -0.15) is 29.1 Å². The standard InChI is InChI=1S/C24H12N8.C22F6N6S2.C22H6N6S2.C22H6N6Se2/c1-26-19(12-25)23-29-17-7-6-13-8-14-10-18-20(31(4)24(30-18)22(27-2)28-3)11-15(14)9-16(13)21(17)32(23)5;1-30-5(4-29)21-33-17-15(28)12(25)8-9(18(17)35-21)11(24)7-6(10(8)23)13(26)16-19(14(7)27)36-22(34-16)20(31-2)32-3;2*1-24-17(10-23)21-27-15-5-4-11-6-12-8-16-18(29-22(28-16)20(25-2)26-3)9-13(12)7-14(11)19(15)30-21/h6-11H,4-5H3;;2*4-9H/b23-19-;21-5-;2*21-17-. The van der Waals surface area contributed by atoms with Gasteiger partial charge in [0, 0.05) is 30.3 Å². The second kappa shape index (κ2) is 32.4. The maximum atomic E-state index is 15.8. The van der Waals surface area contributed by atoms with E-state index < -0.39 is 97.7 Å². The zero-order valence-electron chi connectivity index (χ0n) is 63.7. The van der Waals surface area contributed by atoms with Gasteiger partial charge >= 0.3 is 205 Å². The van der Waals surface area contributed by atoms with Gasteiger partial charge in [0.05, 0.1) is 106 Å². The quantitative estimate of drug-likeness (QED) is 0.0594. The van der Waals surface area contributed by atoms with Crippen LogP contribution in [0, 0.1) is 159 Å². The van der Waals surface area contributed by atoms with Gasteiger partial charge in [-0.3, -0.25) is 0 Å². The Hall–Kier alpha value is -18.0. The number of rotatable bonds is 0. The molecular formula is C90H24F6N26S4Se2. The molecule has 0 N–H and O–H groups in total. The molecule has 0 bridgehead atoms. The molecule has 0 saturated heterocycles. The fourth-order valence-electron chi connectivity index (χ4n) is 14.4. The van der Waals surface area contributed by atoms with Gasteiger partial charge in [-0.05, 0) is 93.0 Å². The number of benzene rings is 12. The van der Waals surface area contributed by atoms with Crippen LogP contribution in [0.5, 0.6) is 0 Å². The number of aryl methyl sites for hydroxylation is 2. The van der Waals surface area contributed by atoms with Crippen molar-refractivity contribution in [3.8, 4) is 24.3 Å². The molecule has 20 rings (SSSR count). The molecule has 0 unspecified atom stereocenters. The summed E-state index contributed by atoms with van der Waals surface area (Å²) in [6, 6.07) is 43.5. The predicted molar refractivity (Wildman–Crippen MR) is 477 cm³/mol. The SMILES string of the molecule is [C-]#[N+]C([N+]#[C-])=c1nc2c(F)c3c(F)c4c(F)c(F)c5n/c(=C(\C#N)[N+]#[C-])sc5c4c(F)c3c(F)c2s1.[C-]#[N+]C([N+]#[C-])=c1nc2cc3cc4ccc5n/c(=C(\C#N)[N+]#[C-])[se]c5c4cc3cc2[se]1.[C-]#[N+]C([N+]#[C-])=c1nc2cc3cc4ccc5n/c(=C(\C#N)[N+]#[C-])n(C)c5c4cc3cc2n1C.[C-]#[N+]C([N+]#[C-])=c1nc2cc3cc4ccc5n/c(=C(\C#N)[N+]#[C-])sc5c4cc3cc2s1. The summed E-state index contributed by atoms with van der Waals surface area (Å²) in [5, 5.41) is 44.0. The van der Waals surface area contributed by atoms with E-state index >= 15 is 17.6 Å². The van der Waals surface area contributed by atoms with E-state index in [1.165, 1.54) is 28.7 Å². The third-order valence-electron chi connectivity index (χ3n) is 20.1. The number of imidazole rings is 2. The average molecular weight is 1870 g/mol. The molecule has 128 heavy (non-hydrogen) atoms. The average Bonchev–Trinajstić information content (AvgIpc) is 1.39. The maximum Gasteiger partial charge on any atom is 0.562 e. The first kappa shape index (κ1) is 82.3. The van der Waals surface area contributed by atoms with E-state index in [-0.39, 0.29) is 63.6 Å². The second-order valence-corrected chi connectivity index (χ2v) is 35.1. The van der Waals surface area contributed by atoms with E-state index in [9.17, 15) is 19.3 Å². The Labute approximate surface area is 737 Å². The molecular weight excluding hydrogens is 1850 g/mol. The minimum absolute atomic E-state index is 0.00398.